The maximum absolute atomic E-state index is 12.6. The van der Waals surface area contributed by atoms with Gasteiger partial charge in [-0.15, -0.1) is 0 Å². The Hall–Kier alpha value is -2.62. The van der Waals surface area contributed by atoms with Crippen molar-refractivity contribution in [3.8, 4) is 5.75 Å². The first kappa shape index (κ1) is 23.7. The summed E-state index contributed by atoms with van der Waals surface area (Å²) in [7, 11) is -2.27. The first-order valence-electron chi connectivity index (χ1n) is 9.13. The Morgan fingerprint density at radius 2 is 1.80 bits per heavy atom. The minimum absolute atomic E-state index is 0.0599. The van der Waals surface area contributed by atoms with E-state index in [1.54, 1.807) is 26.0 Å². The van der Waals surface area contributed by atoms with Gasteiger partial charge in [0.2, 0.25) is 10.0 Å². The molecule has 0 aliphatic heterocycles. The second-order valence-electron chi connectivity index (χ2n) is 6.09. The van der Waals surface area contributed by atoms with Crippen LogP contribution < -0.4 is 10.1 Å². The Balaban J connectivity index is 2.06. The molecule has 0 radical (unpaired) electrons. The lowest BCUT2D eigenvalue weighted by atomic mass is 10.2. The van der Waals surface area contributed by atoms with E-state index >= 15 is 0 Å². The maximum Gasteiger partial charge on any atom is 0.342 e. The van der Waals surface area contributed by atoms with Crippen LogP contribution in [0.5, 0.6) is 5.75 Å². The van der Waals surface area contributed by atoms with E-state index in [1.165, 1.54) is 41.7 Å². The van der Waals surface area contributed by atoms with Crippen LogP contribution in [0.15, 0.2) is 47.4 Å². The van der Waals surface area contributed by atoms with Gasteiger partial charge in [-0.2, -0.15) is 4.31 Å². The summed E-state index contributed by atoms with van der Waals surface area (Å²) in [6.45, 7) is 3.59. The molecule has 1 N–H and O–H groups in total. The zero-order valence-corrected chi connectivity index (χ0v) is 18.4. The number of carbonyl (C=O) groups excluding carboxylic acids is 2. The second-order valence-corrected chi connectivity index (χ2v) is 8.46. The van der Waals surface area contributed by atoms with Gasteiger partial charge in [0.15, 0.2) is 6.61 Å². The van der Waals surface area contributed by atoms with Crippen molar-refractivity contribution in [3.05, 3.63) is 53.1 Å². The number of carbonyl (C=O) groups is 2. The lowest BCUT2D eigenvalue weighted by Crippen LogP contribution is -2.30. The average molecular weight is 455 g/mol. The van der Waals surface area contributed by atoms with Crippen LogP contribution in [-0.4, -0.2) is 51.4 Å². The Morgan fingerprint density at radius 3 is 2.43 bits per heavy atom. The number of rotatable bonds is 9. The summed E-state index contributed by atoms with van der Waals surface area (Å²) < 4.78 is 36.6. The number of amides is 1. The van der Waals surface area contributed by atoms with E-state index in [2.05, 4.69) is 5.32 Å². The number of methoxy groups -OCH3 is 1. The number of hydrogen-bond acceptors (Lipinski definition) is 6. The van der Waals surface area contributed by atoms with Gasteiger partial charge >= 0.3 is 5.97 Å². The van der Waals surface area contributed by atoms with E-state index in [-0.39, 0.29) is 21.9 Å². The maximum atomic E-state index is 12.6. The summed E-state index contributed by atoms with van der Waals surface area (Å²) in [5, 5.41) is 2.84. The highest BCUT2D eigenvalue weighted by molar-refractivity contribution is 7.89. The van der Waals surface area contributed by atoms with E-state index < -0.39 is 28.5 Å². The zero-order valence-electron chi connectivity index (χ0n) is 16.8. The van der Waals surface area contributed by atoms with Crippen LogP contribution in [0.3, 0.4) is 0 Å². The van der Waals surface area contributed by atoms with Crippen molar-refractivity contribution in [2.45, 2.75) is 18.7 Å². The van der Waals surface area contributed by atoms with E-state index in [0.717, 1.165) is 0 Å². The second kappa shape index (κ2) is 10.4. The Morgan fingerprint density at radius 1 is 1.10 bits per heavy atom. The molecule has 30 heavy (non-hydrogen) atoms. The summed E-state index contributed by atoms with van der Waals surface area (Å²) in [4.78, 5) is 24.5. The monoisotopic (exact) mass is 454 g/mol. The number of hydrogen-bond donors (Lipinski definition) is 1. The molecule has 1 amide bonds. The fourth-order valence-corrected chi connectivity index (χ4v) is 4.37. The van der Waals surface area contributed by atoms with Gasteiger partial charge in [0.1, 0.15) is 11.3 Å². The Kier molecular flexibility index (Phi) is 8.22. The third-order valence-electron chi connectivity index (χ3n) is 4.18. The molecule has 0 aliphatic rings. The van der Waals surface area contributed by atoms with Crippen molar-refractivity contribution in [1.29, 1.82) is 0 Å². The van der Waals surface area contributed by atoms with Crippen LogP contribution >= 0.6 is 11.6 Å². The van der Waals surface area contributed by atoms with Crippen molar-refractivity contribution in [2.75, 3.05) is 32.1 Å². The van der Waals surface area contributed by atoms with Gasteiger partial charge in [0.05, 0.1) is 12.0 Å². The van der Waals surface area contributed by atoms with Gasteiger partial charge < -0.3 is 14.8 Å². The summed E-state index contributed by atoms with van der Waals surface area (Å²) in [6, 6.07) is 10.3. The van der Waals surface area contributed by atoms with Gasteiger partial charge in [-0.05, 0) is 36.4 Å². The molecule has 2 aromatic carbocycles. The number of sulfonamides is 1. The van der Waals surface area contributed by atoms with Gasteiger partial charge in [-0.25, -0.2) is 13.2 Å². The molecule has 0 bridgehead atoms. The largest absolute Gasteiger partial charge is 0.496 e. The molecule has 0 fully saturated rings. The standard InChI is InChI=1S/C20H23ClN2O6S/c1-4-23(5-2)30(26,27)16-8-6-7-15(12-16)22-19(24)13-29-20(25)17-11-14(21)9-10-18(17)28-3/h6-12H,4-5,13H2,1-3H3,(H,22,24). The van der Waals surface area contributed by atoms with Crippen LogP contribution in [0.4, 0.5) is 5.69 Å². The molecule has 8 nitrogen and oxygen atoms in total. The molecule has 162 valence electrons. The number of nitrogens with one attached hydrogen (secondary N) is 1. The molecule has 0 aromatic heterocycles. The Bertz CT molecular complexity index is 1020. The fourth-order valence-electron chi connectivity index (χ4n) is 2.69. The van der Waals surface area contributed by atoms with E-state index in [1.807, 2.05) is 0 Å². The molecule has 2 rings (SSSR count). The van der Waals surface area contributed by atoms with Crippen molar-refractivity contribution in [3.63, 3.8) is 0 Å². The normalized spacial score (nSPS) is 11.2. The topological polar surface area (TPSA) is 102 Å². The first-order valence-corrected chi connectivity index (χ1v) is 11.0. The van der Waals surface area contributed by atoms with Crippen LogP contribution in [0.25, 0.3) is 0 Å². The lowest BCUT2D eigenvalue weighted by molar-refractivity contribution is -0.119. The van der Waals surface area contributed by atoms with Crippen molar-refractivity contribution in [2.24, 2.45) is 0 Å². The minimum atomic E-state index is -3.66. The van der Waals surface area contributed by atoms with Crippen LogP contribution in [0.2, 0.25) is 5.02 Å². The molecule has 0 spiro atoms. The number of halogens is 1. The highest BCUT2D eigenvalue weighted by Gasteiger charge is 2.22. The average Bonchev–Trinajstić information content (AvgIpc) is 2.73. The summed E-state index contributed by atoms with van der Waals surface area (Å²) in [6.07, 6.45) is 0. The minimum Gasteiger partial charge on any atom is -0.496 e. The summed E-state index contributed by atoms with van der Waals surface area (Å²) >= 11 is 5.89. The van der Waals surface area contributed by atoms with Crippen LogP contribution in [-0.2, 0) is 19.6 Å². The fraction of sp³-hybridized carbons (Fsp3) is 0.300. The predicted octanol–water partition coefficient (Wildman–Crippen LogP) is 3.17. The molecule has 10 heteroatoms. The quantitative estimate of drug-likeness (QED) is 0.584. The number of anilines is 1. The molecule has 0 saturated carbocycles. The number of benzene rings is 2. The highest BCUT2D eigenvalue weighted by Crippen LogP contribution is 2.23. The van der Waals surface area contributed by atoms with E-state index in [0.29, 0.717) is 18.1 Å². The number of ether oxygens (including phenoxy) is 2. The third kappa shape index (κ3) is 5.71. The van der Waals surface area contributed by atoms with Crippen molar-refractivity contribution < 1.29 is 27.5 Å². The molecule has 0 atom stereocenters. The molecule has 0 saturated heterocycles. The lowest BCUT2D eigenvalue weighted by Gasteiger charge is -2.18. The molecule has 0 aliphatic carbocycles. The summed E-state index contributed by atoms with van der Waals surface area (Å²) in [5.41, 5.74) is 0.356. The van der Waals surface area contributed by atoms with E-state index in [4.69, 9.17) is 21.1 Å². The molecular weight excluding hydrogens is 432 g/mol. The van der Waals surface area contributed by atoms with Crippen molar-refractivity contribution >= 4 is 39.2 Å². The van der Waals surface area contributed by atoms with Gasteiger partial charge in [0.25, 0.3) is 5.91 Å². The highest BCUT2D eigenvalue weighted by atomic mass is 35.5. The smallest absolute Gasteiger partial charge is 0.342 e. The third-order valence-corrected chi connectivity index (χ3v) is 6.46. The van der Waals surface area contributed by atoms with Crippen LogP contribution in [0.1, 0.15) is 24.2 Å². The van der Waals surface area contributed by atoms with Gasteiger partial charge in [-0.1, -0.05) is 31.5 Å². The molecular formula is C20H23ClN2O6S. The molecule has 0 heterocycles. The molecule has 2 aromatic rings. The predicted molar refractivity (Wildman–Crippen MR) is 113 cm³/mol. The SMILES string of the molecule is CCN(CC)S(=O)(=O)c1cccc(NC(=O)COC(=O)c2cc(Cl)ccc2OC)c1. The molecule has 0 unspecified atom stereocenters. The van der Waals surface area contributed by atoms with Crippen molar-refractivity contribution in [1.82, 2.24) is 4.31 Å². The van der Waals surface area contributed by atoms with E-state index in [9.17, 15) is 18.0 Å². The van der Waals surface area contributed by atoms with Gasteiger partial charge in [0, 0.05) is 23.8 Å². The Labute approximate surface area is 180 Å². The zero-order chi connectivity index (χ0) is 22.3. The summed E-state index contributed by atoms with van der Waals surface area (Å²) in [5.74, 6) is -1.14. The first-order chi connectivity index (χ1) is 14.2. The number of esters is 1. The van der Waals surface area contributed by atoms with Gasteiger partial charge in [-0.3, -0.25) is 4.79 Å². The van der Waals surface area contributed by atoms with Crippen LogP contribution in [0, 0.1) is 0 Å². The number of nitrogens with zero attached hydrogens (tertiary/aromatic N) is 1.